The van der Waals surface area contributed by atoms with E-state index in [1.165, 1.54) is 14.2 Å². The topological polar surface area (TPSA) is 55.8 Å². The average molecular weight is 314 g/mol. The molecule has 0 aliphatic heterocycles. The number of methoxy groups -OCH3 is 2. The zero-order chi connectivity index (χ0) is 17.0. The Kier molecular flexibility index (Phi) is 5.40. The molecule has 0 spiro atoms. The van der Waals surface area contributed by atoms with Gasteiger partial charge in [0.05, 0.1) is 14.2 Å². The minimum Gasteiger partial charge on any atom is -0.497 e. The summed E-state index contributed by atoms with van der Waals surface area (Å²) in [5, 5.41) is 10.5. The molecule has 4 heteroatoms. The van der Waals surface area contributed by atoms with Crippen LogP contribution in [0.1, 0.15) is 47.4 Å². The van der Waals surface area contributed by atoms with Gasteiger partial charge in [0.15, 0.2) is 5.78 Å². The van der Waals surface area contributed by atoms with Crippen molar-refractivity contribution in [3.63, 3.8) is 0 Å². The van der Waals surface area contributed by atoms with Gasteiger partial charge in [0.1, 0.15) is 17.6 Å². The highest BCUT2D eigenvalue weighted by Crippen LogP contribution is 2.28. The number of Topliss-reactive ketones (excluding diaryl/α,β-unsaturated/α-hetero) is 1. The summed E-state index contributed by atoms with van der Waals surface area (Å²) in [4.78, 5) is 12.6. The van der Waals surface area contributed by atoms with Crippen molar-refractivity contribution in [1.29, 1.82) is 0 Å². The lowest BCUT2D eigenvalue weighted by molar-refractivity contribution is 0.0746. The van der Waals surface area contributed by atoms with Crippen LogP contribution in [0.5, 0.6) is 11.5 Å². The maximum atomic E-state index is 12.6. The summed E-state index contributed by atoms with van der Waals surface area (Å²) in [5.74, 6) is 1.03. The summed E-state index contributed by atoms with van der Waals surface area (Å²) in [6.45, 7) is 4.12. The van der Waals surface area contributed by atoms with E-state index in [4.69, 9.17) is 9.47 Å². The molecule has 0 amide bonds. The molecular formula is C19H22O4. The standard InChI is InChI=1S/C19H22O4/c1-12(2)13-6-5-7-14(8-13)18(20)19(21)15-9-16(22-3)11-17(10-15)23-4/h5-12,19,21H,1-4H3. The molecule has 2 rings (SSSR count). The lowest BCUT2D eigenvalue weighted by Crippen LogP contribution is -2.13. The number of hydrogen-bond donors (Lipinski definition) is 1. The van der Waals surface area contributed by atoms with Gasteiger partial charge in [-0.1, -0.05) is 32.0 Å². The molecule has 0 bridgehead atoms. The normalized spacial score (nSPS) is 12.1. The van der Waals surface area contributed by atoms with Gasteiger partial charge in [-0.3, -0.25) is 4.79 Å². The first-order valence-electron chi connectivity index (χ1n) is 7.51. The van der Waals surface area contributed by atoms with Crippen LogP contribution in [0, 0.1) is 0 Å². The predicted octanol–water partition coefficient (Wildman–Crippen LogP) is 3.74. The number of ether oxygens (including phenoxy) is 2. The van der Waals surface area contributed by atoms with E-state index >= 15 is 0 Å². The lowest BCUT2D eigenvalue weighted by atomic mass is 9.95. The third-order valence-electron chi connectivity index (χ3n) is 3.78. The van der Waals surface area contributed by atoms with Gasteiger partial charge >= 0.3 is 0 Å². The minimum atomic E-state index is -1.26. The molecule has 0 heterocycles. The number of rotatable bonds is 6. The van der Waals surface area contributed by atoms with E-state index in [-0.39, 0.29) is 5.78 Å². The number of ketones is 1. The van der Waals surface area contributed by atoms with E-state index in [0.29, 0.717) is 28.5 Å². The number of aliphatic hydroxyl groups is 1. The van der Waals surface area contributed by atoms with Crippen LogP contribution in [0.2, 0.25) is 0 Å². The summed E-state index contributed by atoms with van der Waals surface area (Å²) in [6, 6.07) is 12.3. The van der Waals surface area contributed by atoms with E-state index in [1.807, 2.05) is 18.2 Å². The molecule has 2 aromatic rings. The molecule has 122 valence electrons. The van der Waals surface area contributed by atoms with Crippen LogP contribution < -0.4 is 9.47 Å². The quantitative estimate of drug-likeness (QED) is 0.825. The van der Waals surface area contributed by atoms with Crippen molar-refractivity contribution < 1.29 is 19.4 Å². The third kappa shape index (κ3) is 3.90. The Balaban J connectivity index is 2.34. The Hall–Kier alpha value is -2.33. The van der Waals surface area contributed by atoms with Crippen molar-refractivity contribution in [2.45, 2.75) is 25.9 Å². The van der Waals surface area contributed by atoms with Crippen LogP contribution in [-0.4, -0.2) is 25.1 Å². The molecule has 0 aromatic heterocycles. The summed E-state index contributed by atoms with van der Waals surface area (Å²) in [7, 11) is 3.05. The lowest BCUT2D eigenvalue weighted by Gasteiger charge is -2.14. The van der Waals surface area contributed by atoms with Gasteiger partial charge in [-0.15, -0.1) is 0 Å². The van der Waals surface area contributed by atoms with Crippen LogP contribution in [0.15, 0.2) is 42.5 Å². The Morgan fingerprint density at radius 1 is 0.957 bits per heavy atom. The summed E-state index contributed by atoms with van der Waals surface area (Å²) in [6.07, 6.45) is -1.26. The van der Waals surface area contributed by atoms with Crippen molar-refractivity contribution in [1.82, 2.24) is 0 Å². The fourth-order valence-corrected chi connectivity index (χ4v) is 2.35. The average Bonchev–Trinajstić information content (AvgIpc) is 2.59. The van der Waals surface area contributed by atoms with E-state index in [9.17, 15) is 9.90 Å². The Bertz CT molecular complexity index is 669. The largest absolute Gasteiger partial charge is 0.497 e. The maximum absolute atomic E-state index is 12.6. The van der Waals surface area contributed by atoms with Gasteiger partial charge in [-0.2, -0.15) is 0 Å². The van der Waals surface area contributed by atoms with Crippen LogP contribution in [-0.2, 0) is 0 Å². The highest BCUT2D eigenvalue weighted by Gasteiger charge is 2.21. The van der Waals surface area contributed by atoms with Gasteiger partial charge in [0, 0.05) is 11.6 Å². The van der Waals surface area contributed by atoms with Crippen molar-refractivity contribution in [3.8, 4) is 11.5 Å². The fraction of sp³-hybridized carbons (Fsp3) is 0.316. The fourth-order valence-electron chi connectivity index (χ4n) is 2.35. The van der Waals surface area contributed by atoms with Crippen molar-refractivity contribution in [2.24, 2.45) is 0 Å². The molecule has 1 N–H and O–H groups in total. The first-order valence-corrected chi connectivity index (χ1v) is 7.51. The second-order valence-electron chi connectivity index (χ2n) is 5.69. The van der Waals surface area contributed by atoms with Crippen molar-refractivity contribution in [2.75, 3.05) is 14.2 Å². The van der Waals surface area contributed by atoms with Crippen LogP contribution >= 0.6 is 0 Å². The van der Waals surface area contributed by atoms with Gasteiger partial charge in [0.2, 0.25) is 0 Å². The number of carbonyl (C=O) groups excluding carboxylic acids is 1. The molecule has 0 saturated heterocycles. The molecule has 2 aromatic carbocycles. The van der Waals surface area contributed by atoms with Crippen LogP contribution in [0.4, 0.5) is 0 Å². The molecule has 1 atom stereocenters. The van der Waals surface area contributed by atoms with Gasteiger partial charge in [0.25, 0.3) is 0 Å². The monoisotopic (exact) mass is 314 g/mol. The van der Waals surface area contributed by atoms with Crippen LogP contribution in [0.25, 0.3) is 0 Å². The third-order valence-corrected chi connectivity index (χ3v) is 3.78. The molecule has 0 aliphatic rings. The van der Waals surface area contributed by atoms with E-state index < -0.39 is 6.10 Å². The molecular weight excluding hydrogens is 292 g/mol. The molecule has 23 heavy (non-hydrogen) atoms. The molecule has 0 radical (unpaired) electrons. The Morgan fingerprint density at radius 3 is 2.09 bits per heavy atom. The molecule has 0 saturated carbocycles. The second kappa shape index (κ2) is 7.29. The van der Waals surface area contributed by atoms with Gasteiger partial charge in [-0.05, 0) is 35.2 Å². The highest BCUT2D eigenvalue weighted by atomic mass is 16.5. The summed E-state index contributed by atoms with van der Waals surface area (Å²) >= 11 is 0. The zero-order valence-electron chi connectivity index (χ0n) is 13.9. The first-order chi connectivity index (χ1) is 11.0. The molecule has 4 nitrogen and oxygen atoms in total. The highest BCUT2D eigenvalue weighted by molar-refractivity contribution is 6.00. The minimum absolute atomic E-state index is 0.316. The molecule has 0 fully saturated rings. The van der Waals surface area contributed by atoms with E-state index in [1.54, 1.807) is 24.3 Å². The summed E-state index contributed by atoms with van der Waals surface area (Å²) < 4.78 is 10.4. The Labute approximate surface area is 136 Å². The number of carbonyl (C=O) groups is 1. The SMILES string of the molecule is COc1cc(OC)cc(C(O)C(=O)c2cccc(C(C)C)c2)c1. The van der Waals surface area contributed by atoms with Crippen molar-refractivity contribution >= 4 is 5.78 Å². The van der Waals surface area contributed by atoms with E-state index in [2.05, 4.69) is 13.8 Å². The molecule has 1 unspecified atom stereocenters. The van der Waals surface area contributed by atoms with Gasteiger partial charge in [-0.25, -0.2) is 0 Å². The number of hydrogen-bond acceptors (Lipinski definition) is 4. The van der Waals surface area contributed by atoms with Crippen molar-refractivity contribution in [3.05, 3.63) is 59.2 Å². The smallest absolute Gasteiger partial charge is 0.195 e. The summed E-state index contributed by atoms with van der Waals surface area (Å²) in [5.41, 5.74) is 2.00. The molecule has 0 aliphatic carbocycles. The van der Waals surface area contributed by atoms with Crippen LogP contribution in [0.3, 0.4) is 0 Å². The second-order valence-corrected chi connectivity index (χ2v) is 5.69. The van der Waals surface area contributed by atoms with Gasteiger partial charge < -0.3 is 14.6 Å². The number of aliphatic hydroxyl groups excluding tert-OH is 1. The maximum Gasteiger partial charge on any atom is 0.195 e. The Morgan fingerprint density at radius 2 is 1.57 bits per heavy atom. The predicted molar refractivity (Wildman–Crippen MR) is 89.4 cm³/mol. The first kappa shape index (κ1) is 17.0. The zero-order valence-corrected chi connectivity index (χ0v) is 13.9. The van der Waals surface area contributed by atoms with E-state index in [0.717, 1.165) is 5.56 Å². The number of benzene rings is 2.